The van der Waals surface area contributed by atoms with Crippen molar-refractivity contribution in [3.8, 4) is 11.3 Å². The van der Waals surface area contributed by atoms with Crippen molar-refractivity contribution < 1.29 is 4.52 Å². The summed E-state index contributed by atoms with van der Waals surface area (Å²) in [5, 5.41) is 5.24. The van der Waals surface area contributed by atoms with Crippen LogP contribution in [0.1, 0.15) is 0 Å². The zero-order chi connectivity index (χ0) is 11.0. The summed E-state index contributed by atoms with van der Waals surface area (Å²) in [4.78, 5) is 4.34. The first-order valence-corrected chi connectivity index (χ1v) is 5.19. The Morgan fingerprint density at radius 3 is 2.81 bits per heavy atom. The molecule has 2 aromatic heterocycles. The molecule has 0 unspecified atom stereocenters. The number of aromatic nitrogens is 2. The predicted octanol–water partition coefficient (Wildman–Crippen LogP) is 3.54. The summed E-state index contributed by atoms with van der Waals surface area (Å²) >= 11 is 5.71. The Bertz CT molecular complexity index is 643. The maximum Gasteiger partial charge on any atom is 0.226 e. The van der Waals surface area contributed by atoms with Crippen LogP contribution in [-0.4, -0.2) is 10.1 Å². The summed E-state index contributed by atoms with van der Waals surface area (Å²) in [6.07, 6.45) is 1.76. The lowest BCUT2D eigenvalue weighted by molar-refractivity contribution is 0.424. The van der Waals surface area contributed by atoms with Gasteiger partial charge in [0, 0.05) is 23.2 Å². The highest BCUT2D eigenvalue weighted by Crippen LogP contribution is 2.27. The molecule has 0 aliphatic carbocycles. The second-order valence-corrected chi connectivity index (χ2v) is 3.77. The number of pyridine rings is 1. The molecule has 3 aromatic rings. The third-order valence-corrected chi connectivity index (χ3v) is 2.57. The van der Waals surface area contributed by atoms with Crippen LogP contribution in [0.25, 0.3) is 22.2 Å². The van der Waals surface area contributed by atoms with E-state index in [1.54, 1.807) is 12.3 Å². The van der Waals surface area contributed by atoms with Gasteiger partial charge in [0.15, 0.2) is 0 Å². The van der Waals surface area contributed by atoms with Gasteiger partial charge in [-0.3, -0.25) is 4.98 Å². The van der Waals surface area contributed by atoms with Crippen LogP contribution >= 0.6 is 11.6 Å². The highest BCUT2D eigenvalue weighted by Gasteiger charge is 2.08. The highest BCUT2D eigenvalue weighted by molar-refractivity contribution is 6.29. The third kappa shape index (κ3) is 1.46. The van der Waals surface area contributed by atoms with Gasteiger partial charge in [0.25, 0.3) is 0 Å². The minimum Gasteiger partial charge on any atom is -0.344 e. The maximum absolute atomic E-state index is 5.71. The van der Waals surface area contributed by atoms with E-state index in [0.717, 1.165) is 16.5 Å². The number of nitrogens with zero attached hydrogens (tertiary/aromatic N) is 2. The second kappa shape index (κ2) is 3.61. The van der Waals surface area contributed by atoms with Crippen LogP contribution in [0, 0.1) is 0 Å². The van der Waals surface area contributed by atoms with E-state index in [1.807, 2.05) is 30.3 Å². The van der Waals surface area contributed by atoms with E-state index >= 15 is 0 Å². The zero-order valence-electron chi connectivity index (χ0n) is 8.22. The van der Waals surface area contributed by atoms with Gasteiger partial charge in [-0.25, -0.2) is 0 Å². The summed E-state index contributed by atoms with van der Waals surface area (Å²) in [6, 6.07) is 11.5. The Balaban J connectivity index is 2.31. The molecule has 1 aromatic carbocycles. The monoisotopic (exact) mass is 230 g/mol. The van der Waals surface area contributed by atoms with Crippen molar-refractivity contribution in [2.24, 2.45) is 0 Å². The van der Waals surface area contributed by atoms with Crippen molar-refractivity contribution in [3.63, 3.8) is 0 Å². The van der Waals surface area contributed by atoms with Crippen LogP contribution in [0.15, 0.2) is 47.1 Å². The van der Waals surface area contributed by atoms with Gasteiger partial charge in [-0.1, -0.05) is 29.4 Å². The van der Waals surface area contributed by atoms with Crippen molar-refractivity contribution in [2.75, 3.05) is 0 Å². The van der Waals surface area contributed by atoms with E-state index in [9.17, 15) is 0 Å². The molecule has 0 fully saturated rings. The summed E-state index contributed by atoms with van der Waals surface area (Å²) in [5.41, 5.74) is 2.53. The van der Waals surface area contributed by atoms with Crippen LogP contribution in [0.4, 0.5) is 0 Å². The molecule has 3 nitrogen and oxygen atoms in total. The number of benzene rings is 1. The van der Waals surface area contributed by atoms with Crippen LogP contribution in [0.2, 0.25) is 5.22 Å². The summed E-state index contributed by atoms with van der Waals surface area (Å²) in [5.74, 6) is 0. The maximum atomic E-state index is 5.71. The Hall–Kier alpha value is -1.87. The van der Waals surface area contributed by atoms with E-state index < -0.39 is 0 Å². The molecule has 0 aliphatic rings. The molecule has 0 amide bonds. The van der Waals surface area contributed by atoms with Crippen molar-refractivity contribution in [1.29, 1.82) is 0 Å². The van der Waals surface area contributed by atoms with Crippen LogP contribution < -0.4 is 0 Å². The molecule has 0 N–H and O–H groups in total. The van der Waals surface area contributed by atoms with E-state index in [2.05, 4.69) is 10.1 Å². The van der Waals surface area contributed by atoms with Crippen LogP contribution in [-0.2, 0) is 0 Å². The fourth-order valence-corrected chi connectivity index (χ4v) is 1.83. The standard InChI is InChI=1S/C12H7ClN2O/c13-11-7-10(15-16-11)9-5-1-3-8-4-2-6-14-12(8)9/h1-7H. The van der Waals surface area contributed by atoms with Crippen molar-refractivity contribution in [3.05, 3.63) is 47.8 Å². The molecule has 0 radical (unpaired) electrons. The topological polar surface area (TPSA) is 38.9 Å². The smallest absolute Gasteiger partial charge is 0.226 e. The summed E-state index contributed by atoms with van der Waals surface area (Å²) in [7, 11) is 0. The van der Waals surface area contributed by atoms with E-state index in [-0.39, 0.29) is 5.22 Å². The van der Waals surface area contributed by atoms with Crippen LogP contribution in [0.5, 0.6) is 0 Å². The molecule has 0 saturated carbocycles. The average molecular weight is 231 g/mol. The summed E-state index contributed by atoms with van der Waals surface area (Å²) < 4.78 is 4.86. The number of hydrogen-bond donors (Lipinski definition) is 0. The molecule has 4 heteroatoms. The largest absolute Gasteiger partial charge is 0.344 e. The third-order valence-electron chi connectivity index (χ3n) is 2.39. The molecule has 16 heavy (non-hydrogen) atoms. The average Bonchev–Trinajstić information content (AvgIpc) is 2.75. The first kappa shape index (κ1) is 9.36. The number of rotatable bonds is 1. The van der Waals surface area contributed by atoms with Crippen molar-refractivity contribution in [1.82, 2.24) is 10.1 Å². The van der Waals surface area contributed by atoms with Gasteiger partial charge in [-0.15, -0.1) is 0 Å². The van der Waals surface area contributed by atoms with E-state index in [0.29, 0.717) is 5.69 Å². The Morgan fingerprint density at radius 2 is 2.00 bits per heavy atom. The first-order valence-electron chi connectivity index (χ1n) is 4.81. The SMILES string of the molecule is Clc1cc(-c2cccc3cccnc23)no1. The number of para-hydroxylation sites is 1. The first-order chi connectivity index (χ1) is 7.84. The minimum atomic E-state index is 0.280. The van der Waals surface area contributed by atoms with Gasteiger partial charge < -0.3 is 4.52 Å². The second-order valence-electron chi connectivity index (χ2n) is 3.40. The quantitative estimate of drug-likeness (QED) is 0.642. The molecule has 3 rings (SSSR count). The molecule has 78 valence electrons. The van der Waals surface area contributed by atoms with E-state index in [1.165, 1.54) is 0 Å². The Morgan fingerprint density at radius 1 is 1.12 bits per heavy atom. The molecular formula is C12H7ClN2O. The lowest BCUT2D eigenvalue weighted by Gasteiger charge is -2.00. The molecule has 0 atom stereocenters. The minimum absolute atomic E-state index is 0.280. The van der Waals surface area contributed by atoms with Crippen molar-refractivity contribution in [2.45, 2.75) is 0 Å². The molecule has 2 heterocycles. The van der Waals surface area contributed by atoms with Crippen LogP contribution in [0.3, 0.4) is 0 Å². The number of hydrogen-bond acceptors (Lipinski definition) is 3. The summed E-state index contributed by atoms with van der Waals surface area (Å²) in [6.45, 7) is 0. The van der Waals surface area contributed by atoms with Crippen molar-refractivity contribution >= 4 is 22.5 Å². The Kier molecular flexibility index (Phi) is 2.11. The molecule has 0 aliphatic heterocycles. The van der Waals surface area contributed by atoms with Gasteiger partial charge >= 0.3 is 0 Å². The molecule has 0 spiro atoms. The lowest BCUT2D eigenvalue weighted by Crippen LogP contribution is -1.83. The predicted molar refractivity (Wildman–Crippen MR) is 62.3 cm³/mol. The van der Waals surface area contributed by atoms with E-state index in [4.69, 9.17) is 16.1 Å². The fraction of sp³-hybridized carbons (Fsp3) is 0. The van der Waals surface area contributed by atoms with Gasteiger partial charge in [0.2, 0.25) is 5.22 Å². The Labute approximate surface area is 96.7 Å². The van der Waals surface area contributed by atoms with Gasteiger partial charge in [0.1, 0.15) is 5.69 Å². The molecule has 0 bridgehead atoms. The molecular weight excluding hydrogens is 224 g/mol. The fourth-order valence-electron chi connectivity index (χ4n) is 1.69. The van der Waals surface area contributed by atoms with Gasteiger partial charge in [0.05, 0.1) is 5.52 Å². The highest BCUT2D eigenvalue weighted by atomic mass is 35.5. The lowest BCUT2D eigenvalue weighted by atomic mass is 10.1. The zero-order valence-corrected chi connectivity index (χ0v) is 8.98. The van der Waals surface area contributed by atoms with Gasteiger partial charge in [-0.2, -0.15) is 0 Å². The van der Waals surface area contributed by atoms with Gasteiger partial charge in [-0.05, 0) is 17.7 Å². The number of fused-ring (bicyclic) bond motifs is 1. The molecule has 0 saturated heterocycles. The normalized spacial score (nSPS) is 10.8. The number of halogens is 1.